The molecule has 108 valence electrons. The van der Waals surface area contributed by atoms with E-state index in [0.717, 1.165) is 17.6 Å². The summed E-state index contributed by atoms with van der Waals surface area (Å²) in [5, 5.41) is 2.89. The summed E-state index contributed by atoms with van der Waals surface area (Å²) < 4.78 is 5.28. The van der Waals surface area contributed by atoms with Crippen LogP contribution in [0.2, 0.25) is 0 Å². The fourth-order valence-electron chi connectivity index (χ4n) is 1.61. The van der Waals surface area contributed by atoms with Crippen molar-refractivity contribution in [1.29, 1.82) is 0 Å². The predicted octanol–water partition coefficient (Wildman–Crippen LogP) is 4.37. The van der Waals surface area contributed by atoms with Gasteiger partial charge in [0, 0.05) is 0 Å². The third kappa shape index (κ3) is 7.50. The second kappa shape index (κ2) is 7.82. The summed E-state index contributed by atoms with van der Waals surface area (Å²) in [6, 6.07) is -0.0800. The van der Waals surface area contributed by atoms with Crippen molar-refractivity contribution in [2.75, 3.05) is 0 Å². The van der Waals surface area contributed by atoms with Gasteiger partial charge >= 0.3 is 6.09 Å². The number of ether oxygens (including phenoxy) is 1. The molecule has 0 aromatic rings. The standard InChI is InChI=1S/C16H27NO2/c1-8-10-11-13(12(3)4)14(9-2)17-15(18)19-16(5,6)7/h8,10-11,14H,3,9H2,1-2,4-7H3,(H,17,18). The first kappa shape index (κ1) is 17.5. The molecule has 1 amide bonds. The van der Waals surface area contributed by atoms with Gasteiger partial charge in [0.2, 0.25) is 0 Å². The van der Waals surface area contributed by atoms with E-state index in [9.17, 15) is 4.79 Å². The van der Waals surface area contributed by atoms with E-state index in [-0.39, 0.29) is 6.04 Å². The molecule has 1 N–H and O–H groups in total. The van der Waals surface area contributed by atoms with Crippen LogP contribution in [0.3, 0.4) is 0 Å². The molecular formula is C16H27NO2. The Hall–Kier alpha value is -1.51. The van der Waals surface area contributed by atoms with Gasteiger partial charge in [0.05, 0.1) is 6.04 Å². The van der Waals surface area contributed by atoms with Crippen molar-refractivity contribution in [2.24, 2.45) is 0 Å². The molecule has 1 unspecified atom stereocenters. The Morgan fingerprint density at radius 1 is 1.42 bits per heavy atom. The Morgan fingerprint density at radius 3 is 2.37 bits per heavy atom. The van der Waals surface area contributed by atoms with Crippen molar-refractivity contribution in [3.05, 3.63) is 36.0 Å². The number of amides is 1. The van der Waals surface area contributed by atoms with Gasteiger partial charge in [-0.15, -0.1) is 0 Å². The first-order valence-electron chi connectivity index (χ1n) is 6.69. The minimum atomic E-state index is -0.487. The number of allylic oxidation sites excluding steroid dienone is 3. The van der Waals surface area contributed by atoms with Crippen LogP contribution in [0.5, 0.6) is 0 Å². The van der Waals surface area contributed by atoms with Crippen molar-refractivity contribution in [3.8, 4) is 0 Å². The van der Waals surface area contributed by atoms with E-state index in [1.165, 1.54) is 0 Å². The van der Waals surface area contributed by atoms with Gasteiger partial charge in [-0.1, -0.05) is 37.3 Å². The number of hydrogen-bond donors (Lipinski definition) is 1. The molecule has 0 saturated carbocycles. The van der Waals surface area contributed by atoms with Crippen LogP contribution in [0.1, 0.15) is 48.0 Å². The molecule has 0 saturated heterocycles. The number of carbonyl (C=O) groups is 1. The van der Waals surface area contributed by atoms with Gasteiger partial charge in [-0.25, -0.2) is 4.79 Å². The van der Waals surface area contributed by atoms with Crippen LogP contribution in [-0.4, -0.2) is 17.7 Å². The maximum absolute atomic E-state index is 11.8. The van der Waals surface area contributed by atoms with Crippen molar-refractivity contribution in [3.63, 3.8) is 0 Å². The molecule has 0 aliphatic carbocycles. The lowest BCUT2D eigenvalue weighted by atomic mass is 9.98. The minimum absolute atomic E-state index is 0.0800. The molecule has 0 rings (SSSR count). The molecule has 0 aliphatic rings. The van der Waals surface area contributed by atoms with Gasteiger partial charge in [0.15, 0.2) is 0 Å². The molecule has 0 aromatic heterocycles. The van der Waals surface area contributed by atoms with E-state index < -0.39 is 11.7 Å². The highest BCUT2D eigenvalue weighted by Crippen LogP contribution is 2.16. The van der Waals surface area contributed by atoms with Crippen LogP contribution < -0.4 is 5.32 Å². The largest absolute Gasteiger partial charge is 0.444 e. The first-order chi connectivity index (χ1) is 8.71. The summed E-state index contributed by atoms with van der Waals surface area (Å²) in [5.74, 6) is 0. The summed E-state index contributed by atoms with van der Waals surface area (Å²) in [7, 11) is 0. The number of nitrogens with one attached hydrogen (secondary N) is 1. The van der Waals surface area contributed by atoms with Gasteiger partial charge in [0.1, 0.15) is 5.60 Å². The molecule has 3 nitrogen and oxygen atoms in total. The molecule has 0 heterocycles. The van der Waals surface area contributed by atoms with E-state index in [1.807, 2.05) is 59.8 Å². The van der Waals surface area contributed by atoms with E-state index in [1.54, 1.807) is 0 Å². The van der Waals surface area contributed by atoms with E-state index in [4.69, 9.17) is 4.74 Å². The molecule has 0 bridgehead atoms. The fraction of sp³-hybridized carbons (Fsp3) is 0.562. The Labute approximate surface area is 117 Å². The normalized spacial score (nSPS) is 14.3. The zero-order valence-electron chi connectivity index (χ0n) is 13.0. The predicted molar refractivity (Wildman–Crippen MR) is 81.2 cm³/mol. The van der Waals surface area contributed by atoms with Gasteiger partial charge < -0.3 is 10.1 Å². The zero-order valence-corrected chi connectivity index (χ0v) is 13.0. The maximum atomic E-state index is 11.8. The summed E-state index contributed by atoms with van der Waals surface area (Å²) in [5.41, 5.74) is 1.48. The maximum Gasteiger partial charge on any atom is 0.408 e. The molecule has 0 radical (unpaired) electrons. The van der Waals surface area contributed by atoms with E-state index in [0.29, 0.717) is 0 Å². The van der Waals surface area contributed by atoms with Crippen LogP contribution in [0.4, 0.5) is 4.79 Å². The van der Waals surface area contributed by atoms with Crippen LogP contribution in [0, 0.1) is 0 Å². The summed E-state index contributed by atoms with van der Waals surface area (Å²) >= 11 is 0. The first-order valence-corrected chi connectivity index (χ1v) is 6.69. The smallest absolute Gasteiger partial charge is 0.408 e. The third-order valence-electron chi connectivity index (χ3n) is 2.44. The Kier molecular flexibility index (Phi) is 7.20. The van der Waals surface area contributed by atoms with E-state index >= 15 is 0 Å². The third-order valence-corrected chi connectivity index (χ3v) is 2.44. The number of carbonyl (C=O) groups excluding carboxylic acids is 1. The average molecular weight is 265 g/mol. The van der Waals surface area contributed by atoms with Crippen molar-refractivity contribution in [1.82, 2.24) is 5.32 Å². The van der Waals surface area contributed by atoms with Crippen LogP contribution in [0.25, 0.3) is 0 Å². The number of hydrogen-bond acceptors (Lipinski definition) is 2. The molecule has 0 fully saturated rings. The molecule has 19 heavy (non-hydrogen) atoms. The number of rotatable bonds is 5. The Balaban J connectivity index is 4.89. The Bertz CT molecular complexity index is 373. The molecule has 1 atom stereocenters. The second-order valence-corrected chi connectivity index (χ2v) is 5.54. The van der Waals surface area contributed by atoms with Crippen LogP contribution >= 0.6 is 0 Å². The molecule has 3 heteroatoms. The summed E-state index contributed by atoms with van der Waals surface area (Å²) in [6.07, 6.45) is 6.27. The van der Waals surface area contributed by atoms with Gasteiger partial charge in [-0.3, -0.25) is 0 Å². The minimum Gasteiger partial charge on any atom is -0.444 e. The lowest BCUT2D eigenvalue weighted by Gasteiger charge is -2.24. The molecule has 0 aromatic carbocycles. The monoisotopic (exact) mass is 265 g/mol. The average Bonchev–Trinajstić information content (AvgIpc) is 2.24. The Morgan fingerprint density at radius 2 is 2.00 bits per heavy atom. The topological polar surface area (TPSA) is 38.3 Å². The van der Waals surface area contributed by atoms with Gasteiger partial charge in [0.25, 0.3) is 0 Å². The quantitative estimate of drug-likeness (QED) is 0.750. The summed E-state index contributed by atoms with van der Waals surface area (Å²) in [4.78, 5) is 11.8. The molecule has 0 spiro atoms. The van der Waals surface area contributed by atoms with E-state index in [2.05, 4.69) is 11.9 Å². The molecular weight excluding hydrogens is 238 g/mol. The highest BCUT2D eigenvalue weighted by atomic mass is 16.6. The molecule has 0 aliphatic heterocycles. The van der Waals surface area contributed by atoms with Crippen LogP contribution in [0.15, 0.2) is 36.0 Å². The SMILES string of the molecule is C=C(C)C(=CC=CC)C(CC)NC(=O)OC(C)(C)C. The van der Waals surface area contributed by atoms with Crippen molar-refractivity contribution >= 4 is 6.09 Å². The van der Waals surface area contributed by atoms with Crippen molar-refractivity contribution < 1.29 is 9.53 Å². The highest BCUT2D eigenvalue weighted by molar-refractivity contribution is 5.69. The van der Waals surface area contributed by atoms with Crippen molar-refractivity contribution in [2.45, 2.75) is 59.6 Å². The van der Waals surface area contributed by atoms with Gasteiger partial charge in [-0.2, -0.15) is 0 Å². The van der Waals surface area contributed by atoms with Crippen LogP contribution in [-0.2, 0) is 4.74 Å². The lowest BCUT2D eigenvalue weighted by molar-refractivity contribution is 0.0511. The zero-order chi connectivity index (χ0) is 15.1. The lowest BCUT2D eigenvalue weighted by Crippen LogP contribution is -2.40. The van der Waals surface area contributed by atoms with Gasteiger partial charge in [-0.05, 0) is 46.6 Å². The fourth-order valence-corrected chi connectivity index (χ4v) is 1.61. The second-order valence-electron chi connectivity index (χ2n) is 5.54. The highest BCUT2D eigenvalue weighted by Gasteiger charge is 2.20. The number of alkyl carbamates (subject to hydrolysis) is 1. The summed E-state index contributed by atoms with van der Waals surface area (Å²) in [6.45, 7) is 15.4.